The Morgan fingerprint density at radius 1 is 1.68 bits per heavy atom. The first kappa shape index (κ1) is 14.6. The van der Waals surface area contributed by atoms with E-state index < -0.39 is 16.9 Å². The molecule has 1 aromatic heterocycles. The van der Waals surface area contributed by atoms with Crippen LogP contribution in [0.25, 0.3) is 0 Å². The predicted molar refractivity (Wildman–Crippen MR) is 68.4 cm³/mol. The van der Waals surface area contributed by atoms with Gasteiger partial charge in [-0.2, -0.15) is 0 Å². The van der Waals surface area contributed by atoms with Crippen molar-refractivity contribution < 1.29 is 15.2 Å². The van der Waals surface area contributed by atoms with Crippen molar-refractivity contribution >= 4 is 17.3 Å². The molecule has 0 saturated carbocycles. The third-order valence-corrected chi connectivity index (χ3v) is 2.34. The molecule has 0 aliphatic heterocycles. The summed E-state index contributed by atoms with van der Waals surface area (Å²) >= 11 is 0. The highest BCUT2D eigenvalue weighted by molar-refractivity contribution is 5.99. The zero-order valence-electron chi connectivity index (χ0n) is 10.5. The molecule has 1 unspecified atom stereocenters. The molecule has 104 valence electrons. The first-order valence-electron chi connectivity index (χ1n) is 5.39. The number of aliphatic hydroxyl groups excluding tert-OH is 1. The molecule has 4 N–H and O–H groups in total. The summed E-state index contributed by atoms with van der Waals surface area (Å²) in [6.07, 6.45) is -0.589. The zero-order valence-corrected chi connectivity index (χ0v) is 10.5. The van der Waals surface area contributed by atoms with Gasteiger partial charge >= 0.3 is 0 Å². The van der Waals surface area contributed by atoms with E-state index in [-0.39, 0.29) is 11.4 Å². The van der Waals surface area contributed by atoms with Crippen molar-refractivity contribution in [2.24, 2.45) is 10.9 Å². The van der Waals surface area contributed by atoms with Gasteiger partial charge in [0.05, 0.1) is 11.0 Å². The highest BCUT2D eigenvalue weighted by atomic mass is 16.6. The van der Waals surface area contributed by atoms with Gasteiger partial charge < -0.3 is 20.9 Å². The van der Waals surface area contributed by atoms with Crippen LogP contribution in [0.2, 0.25) is 0 Å². The first-order chi connectivity index (χ1) is 8.86. The highest BCUT2D eigenvalue weighted by Crippen LogP contribution is 2.20. The van der Waals surface area contributed by atoms with Gasteiger partial charge in [0.25, 0.3) is 5.69 Å². The van der Waals surface area contributed by atoms with Crippen LogP contribution in [0.4, 0.5) is 11.5 Å². The third kappa shape index (κ3) is 3.52. The fourth-order valence-electron chi connectivity index (χ4n) is 1.53. The Morgan fingerprint density at radius 2 is 2.32 bits per heavy atom. The lowest BCUT2D eigenvalue weighted by Gasteiger charge is -2.20. The van der Waals surface area contributed by atoms with Crippen LogP contribution in [0.1, 0.15) is 12.6 Å². The number of nitrogens with two attached hydrogens (primary N) is 1. The summed E-state index contributed by atoms with van der Waals surface area (Å²) < 4.78 is 0. The minimum absolute atomic E-state index is 0.220. The smallest absolute Gasteiger partial charge is 0.298 e. The van der Waals surface area contributed by atoms with E-state index in [4.69, 9.17) is 10.9 Å². The number of hydrogen-bond acceptors (Lipinski definition) is 7. The lowest BCUT2D eigenvalue weighted by Crippen LogP contribution is -2.28. The van der Waals surface area contributed by atoms with Crippen molar-refractivity contribution in [1.29, 1.82) is 0 Å². The Kier molecular flexibility index (Phi) is 4.59. The molecule has 0 saturated heterocycles. The Bertz CT molecular complexity index is 503. The van der Waals surface area contributed by atoms with E-state index >= 15 is 0 Å². The summed E-state index contributed by atoms with van der Waals surface area (Å²) in [4.78, 5) is 15.7. The monoisotopic (exact) mass is 269 g/mol. The normalized spacial score (nSPS) is 13.1. The second-order valence-electron chi connectivity index (χ2n) is 4.01. The molecule has 0 aromatic carbocycles. The van der Waals surface area contributed by atoms with Gasteiger partial charge in [-0.25, -0.2) is 4.98 Å². The van der Waals surface area contributed by atoms with Crippen LogP contribution in [0, 0.1) is 10.1 Å². The van der Waals surface area contributed by atoms with Gasteiger partial charge in [0.1, 0.15) is 5.82 Å². The number of anilines is 1. The quantitative estimate of drug-likeness (QED) is 0.223. The number of hydrogen-bond donors (Lipinski definition) is 3. The van der Waals surface area contributed by atoms with Crippen LogP contribution in [-0.2, 0) is 0 Å². The fraction of sp³-hybridized carbons (Fsp3) is 0.400. The number of nitrogens with zero attached hydrogens (tertiary/aromatic N) is 4. The van der Waals surface area contributed by atoms with Crippen LogP contribution >= 0.6 is 0 Å². The van der Waals surface area contributed by atoms with Crippen LogP contribution in [0.3, 0.4) is 0 Å². The number of amidine groups is 1. The largest absolute Gasteiger partial charge is 0.409 e. The number of rotatable bonds is 5. The summed E-state index contributed by atoms with van der Waals surface area (Å²) in [7, 11) is 1.66. The number of aromatic nitrogens is 1. The molecule has 1 atom stereocenters. The van der Waals surface area contributed by atoms with Crippen molar-refractivity contribution in [3.8, 4) is 0 Å². The van der Waals surface area contributed by atoms with Gasteiger partial charge in [-0.3, -0.25) is 10.1 Å². The van der Waals surface area contributed by atoms with Gasteiger partial charge in [-0.05, 0) is 13.0 Å². The Hall–Kier alpha value is -2.42. The molecule has 19 heavy (non-hydrogen) atoms. The summed E-state index contributed by atoms with van der Waals surface area (Å²) in [5, 5.41) is 31.4. The molecule has 1 heterocycles. The van der Waals surface area contributed by atoms with E-state index in [1.54, 1.807) is 18.9 Å². The van der Waals surface area contributed by atoms with Crippen LogP contribution in [-0.4, -0.2) is 45.8 Å². The van der Waals surface area contributed by atoms with E-state index in [2.05, 4.69) is 10.1 Å². The second-order valence-corrected chi connectivity index (χ2v) is 4.01. The van der Waals surface area contributed by atoms with Crippen LogP contribution in [0.15, 0.2) is 17.3 Å². The SMILES string of the molecule is CC(O)CN(C)c1ccc([N+](=O)[O-])c(/C(N)=N/O)n1. The molecule has 9 nitrogen and oxygen atoms in total. The van der Waals surface area contributed by atoms with E-state index in [0.29, 0.717) is 12.4 Å². The van der Waals surface area contributed by atoms with E-state index in [1.807, 2.05) is 0 Å². The number of nitro groups is 1. The molecule has 0 aliphatic rings. The van der Waals surface area contributed by atoms with Crippen LogP contribution < -0.4 is 10.6 Å². The lowest BCUT2D eigenvalue weighted by atomic mass is 10.2. The number of likely N-dealkylation sites (N-methyl/N-ethyl adjacent to an activating group) is 1. The Balaban J connectivity index is 3.22. The Labute approximate surface area is 109 Å². The molecule has 0 aliphatic carbocycles. The average Bonchev–Trinajstić information content (AvgIpc) is 2.36. The average molecular weight is 269 g/mol. The number of aliphatic hydroxyl groups is 1. The number of pyridine rings is 1. The van der Waals surface area contributed by atoms with E-state index in [1.165, 1.54) is 12.1 Å². The van der Waals surface area contributed by atoms with Gasteiger partial charge in [-0.15, -0.1) is 0 Å². The molecular weight excluding hydrogens is 254 g/mol. The molecule has 0 radical (unpaired) electrons. The first-order valence-corrected chi connectivity index (χ1v) is 5.39. The standard InChI is InChI=1S/C10H15N5O4/c1-6(16)5-14(2)8-4-3-7(15(18)19)9(12-8)10(11)13-17/h3-4,6,16-17H,5H2,1-2H3,(H2,11,13). The maximum atomic E-state index is 10.8. The van der Waals surface area contributed by atoms with Crippen molar-refractivity contribution in [3.63, 3.8) is 0 Å². The van der Waals surface area contributed by atoms with Gasteiger partial charge in [0.15, 0.2) is 11.5 Å². The molecular formula is C10H15N5O4. The molecule has 0 amide bonds. The predicted octanol–water partition coefficient (Wildman–Crippen LogP) is -0.0987. The third-order valence-electron chi connectivity index (χ3n) is 2.34. The van der Waals surface area contributed by atoms with E-state index in [9.17, 15) is 15.2 Å². The second kappa shape index (κ2) is 5.96. The topological polar surface area (TPSA) is 138 Å². The number of oxime groups is 1. The van der Waals surface area contributed by atoms with Gasteiger partial charge in [0, 0.05) is 19.7 Å². The maximum Gasteiger partial charge on any atom is 0.298 e. The zero-order chi connectivity index (χ0) is 14.6. The summed E-state index contributed by atoms with van der Waals surface area (Å²) in [5.41, 5.74) is 4.79. The molecule has 1 aromatic rings. The van der Waals surface area contributed by atoms with Crippen molar-refractivity contribution in [1.82, 2.24) is 4.98 Å². The molecule has 0 fully saturated rings. The minimum Gasteiger partial charge on any atom is -0.409 e. The molecule has 9 heteroatoms. The molecule has 0 spiro atoms. The molecule has 0 bridgehead atoms. The summed E-state index contributed by atoms with van der Waals surface area (Å²) in [6.45, 7) is 1.90. The van der Waals surface area contributed by atoms with Crippen molar-refractivity contribution in [2.45, 2.75) is 13.0 Å². The van der Waals surface area contributed by atoms with Gasteiger partial charge in [0.2, 0.25) is 0 Å². The van der Waals surface area contributed by atoms with Crippen molar-refractivity contribution in [2.75, 3.05) is 18.5 Å². The van der Waals surface area contributed by atoms with E-state index in [0.717, 1.165) is 0 Å². The minimum atomic E-state index is -0.668. The Morgan fingerprint density at radius 3 is 2.79 bits per heavy atom. The van der Waals surface area contributed by atoms with Crippen LogP contribution in [0.5, 0.6) is 0 Å². The lowest BCUT2D eigenvalue weighted by molar-refractivity contribution is -0.385. The van der Waals surface area contributed by atoms with Gasteiger partial charge in [-0.1, -0.05) is 5.16 Å². The summed E-state index contributed by atoms with van der Waals surface area (Å²) in [5.74, 6) is -0.0768. The maximum absolute atomic E-state index is 10.8. The van der Waals surface area contributed by atoms with Crippen molar-refractivity contribution in [3.05, 3.63) is 27.9 Å². The summed E-state index contributed by atoms with van der Waals surface area (Å²) in [6, 6.07) is 2.64. The molecule has 1 rings (SSSR count). The fourth-order valence-corrected chi connectivity index (χ4v) is 1.53. The highest BCUT2D eigenvalue weighted by Gasteiger charge is 2.20.